The van der Waals surface area contributed by atoms with Crippen LogP contribution >= 0.6 is 0 Å². The summed E-state index contributed by atoms with van der Waals surface area (Å²) in [5.74, 6) is -0.285. The maximum Gasteiger partial charge on any atom is 0.573 e. The van der Waals surface area contributed by atoms with Crippen LogP contribution in [0.5, 0.6) is 5.75 Å². The minimum absolute atomic E-state index is 0.243. The van der Waals surface area contributed by atoms with Gasteiger partial charge in [-0.15, -0.1) is 13.2 Å². The van der Waals surface area contributed by atoms with Crippen molar-refractivity contribution in [1.29, 1.82) is 0 Å². The third-order valence-electron chi connectivity index (χ3n) is 2.72. The van der Waals surface area contributed by atoms with Crippen molar-refractivity contribution >= 4 is 17.2 Å². The molecule has 0 aliphatic carbocycles. The van der Waals surface area contributed by atoms with Gasteiger partial charge in [0.2, 0.25) is 0 Å². The topological polar surface area (TPSA) is 54.0 Å². The Balaban J connectivity index is 1.83. The lowest BCUT2D eigenvalue weighted by molar-refractivity contribution is -0.274. The van der Waals surface area contributed by atoms with Crippen molar-refractivity contribution in [3.8, 4) is 5.75 Å². The molecule has 23 heavy (non-hydrogen) atoms. The van der Waals surface area contributed by atoms with Crippen LogP contribution in [-0.4, -0.2) is 42.4 Å². The van der Waals surface area contributed by atoms with Crippen LogP contribution in [0.3, 0.4) is 0 Å². The van der Waals surface area contributed by atoms with Gasteiger partial charge in [-0.3, -0.25) is 4.18 Å². The van der Waals surface area contributed by atoms with Crippen LogP contribution in [0.15, 0.2) is 30.3 Å². The van der Waals surface area contributed by atoms with Gasteiger partial charge in [0.25, 0.3) is 0 Å². The molecule has 1 aliphatic rings. The average molecular weight is 352 g/mol. The Labute approximate surface area is 133 Å². The lowest BCUT2D eigenvalue weighted by Gasteiger charge is -2.26. The van der Waals surface area contributed by atoms with E-state index >= 15 is 0 Å². The predicted octanol–water partition coefficient (Wildman–Crippen LogP) is 2.65. The molecular formula is C14H15F3O5S. The van der Waals surface area contributed by atoms with Crippen molar-refractivity contribution < 1.29 is 35.8 Å². The SMILES string of the molecule is CS(=O)OC1COC(C=Cc2ccc(OC(F)(F)F)cc2)OC1. The molecule has 0 spiro atoms. The first-order chi connectivity index (χ1) is 10.8. The summed E-state index contributed by atoms with van der Waals surface area (Å²) in [6.45, 7) is 0.486. The zero-order valence-corrected chi connectivity index (χ0v) is 12.9. The van der Waals surface area contributed by atoms with Crippen LogP contribution in [0, 0.1) is 0 Å². The first-order valence-corrected chi connectivity index (χ1v) is 8.08. The fourth-order valence-electron chi connectivity index (χ4n) is 1.83. The van der Waals surface area contributed by atoms with Gasteiger partial charge in [0, 0.05) is 6.26 Å². The second kappa shape index (κ2) is 7.91. The zero-order valence-electron chi connectivity index (χ0n) is 12.1. The highest BCUT2D eigenvalue weighted by Gasteiger charge is 2.30. The van der Waals surface area contributed by atoms with Gasteiger partial charge >= 0.3 is 6.36 Å². The molecule has 1 saturated heterocycles. The third kappa shape index (κ3) is 6.69. The normalized spacial score (nSPS) is 23.8. The van der Waals surface area contributed by atoms with Gasteiger partial charge in [-0.25, -0.2) is 4.21 Å². The molecule has 1 fully saturated rings. The van der Waals surface area contributed by atoms with E-state index < -0.39 is 23.7 Å². The van der Waals surface area contributed by atoms with Gasteiger partial charge in [-0.1, -0.05) is 18.2 Å². The first-order valence-electron chi connectivity index (χ1n) is 6.59. The average Bonchev–Trinajstić information content (AvgIpc) is 2.46. The Kier molecular flexibility index (Phi) is 6.17. The molecule has 1 aromatic rings. The van der Waals surface area contributed by atoms with Crippen molar-refractivity contribution in [3.63, 3.8) is 0 Å². The number of halogens is 3. The van der Waals surface area contributed by atoms with Gasteiger partial charge in [0.15, 0.2) is 17.4 Å². The summed E-state index contributed by atoms with van der Waals surface area (Å²) in [4.78, 5) is 0. The summed E-state index contributed by atoms with van der Waals surface area (Å²) in [6.07, 6.45) is -0.990. The Morgan fingerprint density at radius 2 is 1.83 bits per heavy atom. The Bertz CT molecular complexity index is 551. The summed E-state index contributed by atoms with van der Waals surface area (Å²) in [7, 11) is 0. The highest BCUT2D eigenvalue weighted by Crippen LogP contribution is 2.23. The molecule has 0 radical (unpaired) electrons. The molecular weight excluding hydrogens is 337 g/mol. The molecule has 1 aromatic carbocycles. The van der Waals surface area contributed by atoms with Crippen LogP contribution in [0.4, 0.5) is 13.2 Å². The fraction of sp³-hybridized carbons (Fsp3) is 0.429. The van der Waals surface area contributed by atoms with Crippen molar-refractivity contribution in [2.24, 2.45) is 0 Å². The molecule has 1 atom stereocenters. The minimum Gasteiger partial charge on any atom is -0.406 e. The highest BCUT2D eigenvalue weighted by atomic mass is 32.2. The molecule has 5 nitrogen and oxygen atoms in total. The quantitative estimate of drug-likeness (QED) is 0.816. The summed E-state index contributed by atoms with van der Waals surface area (Å²) in [5, 5.41) is 0. The minimum atomic E-state index is -4.71. The third-order valence-corrected chi connectivity index (χ3v) is 3.27. The Hall–Kier alpha value is -1.42. The molecule has 0 bridgehead atoms. The predicted molar refractivity (Wildman–Crippen MR) is 76.8 cm³/mol. The number of hydrogen-bond acceptors (Lipinski definition) is 5. The van der Waals surface area contributed by atoms with Crippen molar-refractivity contribution in [1.82, 2.24) is 0 Å². The van der Waals surface area contributed by atoms with E-state index in [1.165, 1.54) is 30.5 Å². The van der Waals surface area contributed by atoms with Gasteiger partial charge < -0.3 is 14.2 Å². The largest absolute Gasteiger partial charge is 0.573 e. The molecule has 0 aromatic heterocycles. The second-order valence-corrected chi connectivity index (χ2v) is 5.63. The van der Waals surface area contributed by atoms with E-state index in [0.29, 0.717) is 5.56 Å². The van der Waals surface area contributed by atoms with Gasteiger partial charge in [-0.2, -0.15) is 0 Å². The van der Waals surface area contributed by atoms with E-state index in [-0.39, 0.29) is 25.1 Å². The van der Waals surface area contributed by atoms with Crippen molar-refractivity contribution in [2.75, 3.05) is 19.5 Å². The zero-order chi connectivity index (χ0) is 16.9. The fourth-order valence-corrected chi connectivity index (χ4v) is 2.32. The van der Waals surface area contributed by atoms with Gasteiger partial charge in [0.1, 0.15) is 11.9 Å². The van der Waals surface area contributed by atoms with Crippen molar-refractivity contribution in [2.45, 2.75) is 18.8 Å². The van der Waals surface area contributed by atoms with Gasteiger partial charge in [-0.05, 0) is 23.8 Å². The van der Waals surface area contributed by atoms with E-state index in [9.17, 15) is 17.4 Å². The standard InChI is InChI=1S/C14H15F3O5S/c1-23(18)22-12-8-19-13(20-9-12)7-4-10-2-5-11(6-3-10)21-14(15,16)17/h2-7,12-13H,8-9H2,1H3. The number of alkyl halides is 3. The summed E-state index contributed by atoms with van der Waals surface area (Å²) in [5.41, 5.74) is 0.666. The van der Waals surface area contributed by atoms with Crippen LogP contribution in [-0.2, 0) is 24.7 Å². The summed E-state index contributed by atoms with van der Waals surface area (Å²) >= 11 is -1.39. The van der Waals surface area contributed by atoms with E-state index in [4.69, 9.17) is 13.7 Å². The molecule has 1 unspecified atom stereocenters. The second-order valence-electron chi connectivity index (χ2n) is 4.63. The molecule has 128 valence electrons. The summed E-state index contributed by atoms with van der Waals surface area (Å²) in [6, 6.07) is 5.39. The van der Waals surface area contributed by atoms with E-state index in [2.05, 4.69) is 4.74 Å². The molecule has 0 N–H and O–H groups in total. The molecule has 0 saturated carbocycles. The number of benzene rings is 1. The van der Waals surface area contributed by atoms with Crippen LogP contribution in [0.2, 0.25) is 0 Å². The summed E-state index contributed by atoms with van der Waals surface area (Å²) < 4.78 is 66.6. The number of rotatable bonds is 5. The number of ether oxygens (including phenoxy) is 3. The lowest BCUT2D eigenvalue weighted by Crippen LogP contribution is -2.36. The Morgan fingerprint density at radius 1 is 1.22 bits per heavy atom. The van der Waals surface area contributed by atoms with Crippen molar-refractivity contribution in [3.05, 3.63) is 35.9 Å². The highest BCUT2D eigenvalue weighted by molar-refractivity contribution is 7.79. The molecule has 1 heterocycles. The van der Waals surface area contributed by atoms with E-state index in [1.54, 1.807) is 12.2 Å². The van der Waals surface area contributed by atoms with Crippen LogP contribution in [0.25, 0.3) is 6.08 Å². The molecule has 9 heteroatoms. The molecule has 0 amide bonds. The maximum absolute atomic E-state index is 12.0. The smallest absolute Gasteiger partial charge is 0.406 e. The number of hydrogen-bond donors (Lipinski definition) is 0. The van der Waals surface area contributed by atoms with E-state index in [1.807, 2.05) is 0 Å². The van der Waals surface area contributed by atoms with Crippen LogP contribution < -0.4 is 4.74 Å². The first kappa shape index (κ1) is 17.9. The maximum atomic E-state index is 12.0. The Morgan fingerprint density at radius 3 is 2.35 bits per heavy atom. The molecule has 1 aliphatic heterocycles. The lowest BCUT2D eigenvalue weighted by atomic mass is 10.2. The van der Waals surface area contributed by atoms with E-state index in [0.717, 1.165) is 0 Å². The molecule has 2 rings (SSSR count). The van der Waals surface area contributed by atoms with Gasteiger partial charge in [0.05, 0.1) is 13.2 Å². The monoisotopic (exact) mass is 352 g/mol. The van der Waals surface area contributed by atoms with Crippen LogP contribution in [0.1, 0.15) is 5.56 Å².